The van der Waals surface area contributed by atoms with E-state index in [1.54, 1.807) is 0 Å². The van der Waals surface area contributed by atoms with Crippen LogP contribution in [0.25, 0.3) is 0 Å². The molecule has 0 aromatic carbocycles. The first-order valence-electron chi connectivity index (χ1n) is 8.11. The smallest absolute Gasteiger partial charge is 0.140 e. The number of aryl methyl sites for hydroxylation is 1. The predicted octanol–water partition coefficient (Wildman–Crippen LogP) is 3.22. The van der Waals surface area contributed by atoms with Gasteiger partial charge < -0.3 is 9.84 Å². The van der Waals surface area contributed by atoms with E-state index in [9.17, 15) is 0 Å². The molecule has 3 aliphatic rings. The molecule has 0 bridgehead atoms. The first-order chi connectivity index (χ1) is 9.42. The third-order valence-corrected chi connectivity index (χ3v) is 5.65. The summed E-state index contributed by atoms with van der Waals surface area (Å²) in [5.74, 6) is 3.12. The van der Waals surface area contributed by atoms with E-state index in [2.05, 4.69) is 10.5 Å². The SMILES string of the molecule is C1CCc2c(CNC3CC[C@@H]4CCC[C@H]34)noc2C1. The average molecular weight is 260 g/mol. The Bertz CT molecular complexity index is 454. The van der Waals surface area contributed by atoms with Crippen molar-refractivity contribution in [1.82, 2.24) is 10.5 Å². The normalized spacial score (nSPS) is 33.4. The van der Waals surface area contributed by atoms with Crippen LogP contribution in [-0.2, 0) is 19.4 Å². The van der Waals surface area contributed by atoms with Gasteiger partial charge in [0.25, 0.3) is 0 Å². The van der Waals surface area contributed by atoms with Crippen molar-refractivity contribution in [3.8, 4) is 0 Å². The molecule has 1 heterocycles. The van der Waals surface area contributed by atoms with Crippen molar-refractivity contribution in [1.29, 1.82) is 0 Å². The fourth-order valence-electron chi connectivity index (χ4n) is 4.63. The second kappa shape index (κ2) is 4.93. The van der Waals surface area contributed by atoms with Crippen LogP contribution >= 0.6 is 0 Å². The minimum absolute atomic E-state index is 0.739. The van der Waals surface area contributed by atoms with Crippen molar-refractivity contribution in [2.24, 2.45) is 11.8 Å². The van der Waals surface area contributed by atoms with Gasteiger partial charge in [-0.05, 0) is 50.4 Å². The van der Waals surface area contributed by atoms with Gasteiger partial charge in [-0.15, -0.1) is 0 Å². The van der Waals surface area contributed by atoms with Gasteiger partial charge in [-0.25, -0.2) is 0 Å². The van der Waals surface area contributed by atoms with E-state index in [1.807, 2.05) is 0 Å². The maximum absolute atomic E-state index is 5.50. The van der Waals surface area contributed by atoms with Crippen LogP contribution in [0, 0.1) is 11.8 Å². The molecule has 3 aliphatic carbocycles. The van der Waals surface area contributed by atoms with Crippen molar-refractivity contribution in [3.05, 3.63) is 17.0 Å². The van der Waals surface area contributed by atoms with Gasteiger partial charge in [0, 0.05) is 24.6 Å². The molecule has 19 heavy (non-hydrogen) atoms. The highest BCUT2D eigenvalue weighted by Gasteiger charge is 2.38. The van der Waals surface area contributed by atoms with Crippen LogP contribution in [0.5, 0.6) is 0 Å². The van der Waals surface area contributed by atoms with Crippen LogP contribution in [-0.4, -0.2) is 11.2 Å². The summed E-state index contributed by atoms with van der Waals surface area (Å²) in [6, 6.07) is 0.739. The summed E-state index contributed by atoms with van der Waals surface area (Å²) in [7, 11) is 0. The Morgan fingerprint density at radius 1 is 1.05 bits per heavy atom. The van der Waals surface area contributed by atoms with Crippen LogP contribution in [0.1, 0.15) is 62.0 Å². The molecule has 0 saturated heterocycles. The van der Waals surface area contributed by atoms with Gasteiger partial charge in [0.1, 0.15) is 11.5 Å². The minimum atomic E-state index is 0.739. The number of fused-ring (bicyclic) bond motifs is 2. The van der Waals surface area contributed by atoms with Crippen molar-refractivity contribution in [3.63, 3.8) is 0 Å². The van der Waals surface area contributed by atoms with Crippen LogP contribution in [0.3, 0.4) is 0 Å². The summed E-state index contributed by atoms with van der Waals surface area (Å²) in [6.07, 6.45) is 12.0. The molecule has 3 nitrogen and oxygen atoms in total. The van der Waals surface area contributed by atoms with E-state index in [4.69, 9.17) is 4.52 Å². The Morgan fingerprint density at radius 2 is 2.00 bits per heavy atom. The monoisotopic (exact) mass is 260 g/mol. The quantitative estimate of drug-likeness (QED) is 0.906. The molecular formula is C16H24N2O. The zero-order valence-corrected chi connectivity index (χ0v) is 11.7. The first-order valence-corrected chi connectivity index (χ1v) is 8.11. The minimum Gasteiger partial charge on any atom is -0.361 e. The van der Waals surface area contributed by atoms with E-state index < -0.39 is 0 Å². The number of nitrogens with one attached hydrogen (secondary N) is 1. The highest BCUT2D eigenvalue weighted by molar-refractivity contribution is 5.25. The fraction of sp³-hybridized carbons (Fsp3) is 0.812. The highest BCUT2D eigenvalue weighted by atomic mass is 16.5. The molecule has 3 heteroatoms. The summed E-state index contributed by atoms with van der Waals surface area (Å²) < 4.78 is 5.50. The summed E-state index contributed by atoms with van der Waals surface area (Å²) in [4.78, 5) is 0. The highest BCUT2D eigenvalue weighted by Crippen LogP contribution is 2.44. The maximum atomic E-state index is 5.50. The number of aromatic nitrogens is 1. The van der Waals surface area contributed by atoms with Crippen LogP contribution in [0.15, 0.2) is 4.52 Å². The molecule has 0 spiro atoms. The molecule has 1 aromatic heterocycles. The number of hydrogen-bond acceptors (Lipinski definition) is 3. The zero-order valence-electron chi connectivity index (χ0n) is 11.7. The molecular weight excluding hydrogens is 236 g/mol. The predicted molar refractivity (Wildman–Crippen MR) is 73.8 cm³/mol. The van der Waals surface area contributed by atoms with Gasteiger partial charge in [-0.1, -0.05) is 18.0 Å². The van der Waals surface area contributed by atoms with Crippen molar-refractivity contribution in [2.45, 2.75) is 70.4 Å². The third-order valence-electron chi connectivity index (χ3n) is 5.65. The topological polar surface area (TPSA) is 38.1 Å². The van der Waals surface area contributed by atoms with Crippen LogP contribution in [0.2, 0.25) is 0 Å². The molecule has 2 saturated carbocycles. The van der Waals surface area contributed by atoms with Gasteiger partial charge in [0.15, 0.2) is 0 Å². The first kappa shape index (κ1) is 12.0. The Kier molecular flexibility index (Phi) is 3.10. The van der Waals surface area contributed by atoms with Crippen LogP contribution < -0.4 is 5.32 Å². The Balaban J connectivity index is 1.41. The molecule has 0 aliphatic heterocycles. The molecule has 4 rings (SSSR count). The average Bonchev–Trinajstić information content (AvgIpc) is 3.12. The fourth-order valence-corrected chi connectivity index (χ4v) is 4.63. The molecule has 1 aromatic rings. The molecule has 1 N–H and O–H groups in total. The molecule has 2 fully saturated rings. The Morgan fingerprint density at radius 3 is 3.00 bits per heavy atom. The second-order valence-corrected chi connectivity index (χ2v) is 6.66. The van der Waals surface area contributed by atoms with E-state index in [0.717, 1.165) is 36.6 Å². The Labute approximate surface area is 115 Å². The van der Waals surface area contributed by atoms with E-state index in [-0.39, 0.29) is 0 Å². The Hall–Kier alpha value is -0.830. The lowest BCUT2D eigenvalue weighted by Gasteiger charge is -2.20. The van der Waals surface area contributed by atoms with Gasteiger partial charge in [0.05, 0.1) is 0 Å². The van der Waals surface area contributed by atoms with Crippen molar-refractivity contribution >= 4 is 0 Å². The van der Waals surface area contributed by atoms with Gasteiger partial charge in [0.2, 0.25) is 0 Å². The summed E-state index contributed by atoms with van der Waals surface area (Å²) >= 11 is 0. The second-order valence-electron chi connectivity index (χ2n) is 6.66. The third kappa shape index (κ3) is 2.12. The lowest BCUT2D eigenvalue weighted by atomic mass is 9.95. The van der Waals surface area contributed by atoms with E-state index in [0.29, 0.717) is 0 Å². The summed E-state index contributed by atoms with van der Waals surface area (Å²) in [5.41, 5.74) is 2.61. The largest absolute Gasteiger partial charge is 0.361 e. The lowest BCUT2D eigenvalue weighted by Crippen LogP contribution is -2.32. The maximum Gasteiger partial charge on any atom is 0.140 e. The van der Waals surface area contributed by atoms with Gasteiger partial charge in [-0.3, -0.25) is 0 Å². The number of nitrogens with zero attached hydrogens (tertiary/aromatic N) is 1. The van der Waals surface area contributed by atoms with E-state index in [1.165, 1.54) is 62.6 Å². The van der Waals surface area contributed by atoms with Crippen LogP contribution in [0.4, 0.5) is 0 Å². The molecule has 0 amide bonds. The van der Waals surface area contributed by atoms with Gasteiger partial charge in [-0.2, -0.15) is 0 Å². The lowest BCUT2D eigenvalue weighted by molar-refractivity contribution is 0.349. The zero-order chi connectivity index (χ0) is 12.7. The van der Waals surface area contributed by atoms with E-state index >= 15 is 0 Å². The van der Waals surface area contributed by atoms with Crippen molar-refractivity contribution in [2.75, 3.05) is 0 Å². The summed E-state index contributed by atoms with van der Waals surface area (Å²) in [5, 5.41) is 8.09. The standard InChI is InChI=1S/C16H24N2O/c1-2-7-16-13(5-1)15(18-19-16)10-17-14-9-8-11-4-3-6-12(11)14/h11-12,14,17H,1-10H2/t11-,12-,14?/m0/s1. The van der Waals surface area contributed by atoms with Crippen molar-refractivity contribution < 1.29 is 4.52 Å². The molecule has 104 valence electrons. The molecule has 1 unspecified atom stereocenters. The molecule has 3 atom stereocenters. The summed E-state index contributed by atoms with van der Waals surface area (Å²) in [6.45, 7) is 0.923. The number of hydrogen-bond donors (Lipinski definition) is 1. The molecule has 0 radical (unpaired) electrons. The number of rotatable bonds is 3. The van der Waals surface area contributed by atoms with Gasteiger partial charge >= 0.3 is 0 Å².